The second-order valence-electron chi connectivity index (χ2n) is 4.26. The van der Waals surface area contributed by atoms with E-state index in [0.717, 1.165) is 22.1 Å². The largest absolute Gasteiger partial charge is 0.465 e. The summed E-state index contributed by atoms with van der Waals surface area (Å²) >= 11 is 3.47. The van der Waals surface area contributed by atoms with E-state index in [9.17, 15) is 4.79 Å². The number of rotatable bonds is 5. The lowest BCUT2D eigenvalue weighted by molar-refractivity contribution is 0.0600. The van der Waals surface area contributed by atoms with E-state index in [4.69, 9.17) is 0 Å². The predicted octanol–water partition coefficient (Wildman–Crippen LogP) is 2.92. The van der Waals surface area contributed by atoms with Crippen molar-refractivity contribution in [3.8, 4) is 0 Å². The van der Waals surface area contributed by atoms with Crippen LogP contribution in [0.15, 0.2) is 47.2 Å². The summed E-state index contributed by atoms with van der Waals surface area (Å²) in [6.45, 7) is 1.45. The molecule has 1 aromatic heterocycles. The van der Waals surface area contributed by atoms with Crippen LogP contribution in [-0.4, -0.2) is 18.1 Å². The first-order valence-corrected chi connectivity index (χ1v) is 6.96. The van der Waals surface area contributed by atoms with Gasteiger partial charge in [-0.05, 0) is 29.3 Å². The fourth-order valence-electron chi connectivity index (χ4n) is 1.78. The Kier molecular flexibility index (Phi) is 5.26. The van der Waals surface area contributed by atoms with Gasteiger partial charge in [-0.25, -0.2) is 4.79 Å². The minimum Gasteiger partial charge on any atom is -0.465 e. The van der Waals surface area contributed by atoms with Gasteiger partial charge in [-0.15, -0.1) is 0 Å². The van der Waals surface area contributed by atoms with Gasteiger partial charge in [-0.2, -0.15) is 0 Å². The highest BCUT2D eigenvalue weighted by molar-refractivity contribution is 9.10. The quantitative estimate of drug-likeness (QED) is 0.854. The maximum Gasteiger partial charge on any atom is 0.337 e. The van der Waals surface area contributed by atoms with Crippen LogP contribution in [0.3, 0.4) is 0 Å². The monoisotopic (exact) mass is 334 g/mol. The second kappa shape index (κ2) is 7.17. The van der Waals surface area contributed by atoms with Crippen molar-refractivity contribution in [3.63, 3.8) is 0 Å². The zero-order chi connectivity index (χ0) is 14.4. The summed E-state index contributed by atoms with van der Waals surface area (Å²) in [4.78, 5) is 15.5. The number of hydrogen-bond donors (Lipinski definition) is 1. The van der Waals surface area contributed by atoms with Crippen molar-refractivity contribution in [3.05, 3.63) is 63.9 Å². The molecule has 0 aliphatic rings. The van der Waals surface area contributed by atoms with E-state index in [-0.39, 0.29) is 5.97 Å². The highest BCUT2D eigenvalue weighted by Gasteiger charge is 2.08. The average Bonchev–Trinajstić information content (AvgIpc) is 2.49. The molecule has 0 bridgehead atoms. The molecule has 0 saturated carbocycles. The van der Waals surface area contributed by atoms with Crippen molar-refractivity contribution in [1.29, 1.82) is 0 Å². The number of hydrogen-bond acceptors (Lipinski definition) is 4. The fourth-order valence-corrected chi connectivity index (χ4v) is 2.30. The molecule has 1 heterocycles. The molecule has 104 valence electrons. The predicted molar refractivity (Wildman–Crippen MR) is 80.3 cm³/mol. The maximum absolute atomic E-state index is 11.4. The summed E-state index contributed by atoms with van der Waals surface area (Å²) in [6, 6.07) is 9.38. The number of nitrogens with zero attached hydrogens (tertiary/aromatic N) is 1. The van der Waals surface area contributed by atoms with Crippen LogP contribution in [0.25, 0.3) is 0 Å². The van der Waals surface area contributed by atoms with Gasteiger partial charge in [0.15, 0.2) is 0 Å². The van der Waals surface area contributed by atoms with Gasteiger partial charge in [0, 0.05) is 30.0 Å². The highest BCUT2D eigenvalue weighted by atomic mass is 79.9. The number of carbonyl (C=O) groups excluding carboxylic acids is 1. The number of carbonyl (C=O) groups is 1. The molecule has 4 nitrogen and oxygen atoms in total. The highest BCUT2D eigenvalue weighted by Crippen LogP contribution is 2.19. The minimum absolute atomic E-state index is 0.333. The van der Waals surface area contributed by atoms with E-state index in [1.165, 1.54) is 7.11 Å². The molecule has 1 aromatic carbocycles. The molecule has 0 spiro atoms. The fraction of sp³-hybridized carbons (Fsp3) is 0.200. The number of ether oxygens (including phenoxy) is 1. The molecule has 0 saturated heterocycles. The third-order valence-electron chi connectivity index (χ3n) is 2.84. The molecule has 1 N–H and O–H groups in total. The normalized spacial score (nSPS) is 10.3. The minimum atomic E-state index is -0.333. The lowest BCUT2D eigenvalue weighted by Crippen LogP contribution is -2.13. The average molecular weight is 335 g/mol. The Labute approximate surface area is 126 Å². The molecular weight excluding hydrogens is 320 g/mol. The van der Waals surface area contributed by atoms with Crippen molar-refractivity contribution in [2.45, 2.75) is 13.1 Å². The van der Waals surface area contributed by atoms with Crippen LogP contribution in [0.4, 0.5) is 0 Å². The molecule has 5 heteroatoms. The second-order valence-corrected chi connectivity index (χ2v) is 5.12. The molecular formula is C15H15BrN2O2. The van der Waals surface area contributed by atoms with Gasteiger partial charge >= 0.3 is 5.97 Å². The number of esters is 1. The van der Waals surface area contributed by atoms with Crippen molar-refractivity contribution in [2.24, 2.45) is 0 Å². The third kappa shape index (κ3) is 3.88. The van der Waals surface area contributed by atoms with Crippen molar-refractivity contribution < 1.29 is 9.53 Å². The molecule has 0 amide bonds. The molecule has 0 radical (unpaired) electrons. The standard InChI is InChI=1S/C15H15BrN2O2/c1-20-15(19)12-4-5-13(14(16)7-12)10-18-9-11-3-2-6-17-8-11/h2-8,18H,9-10H2,1H3. The Hall–Kier alpha value is -1.72. The first-order valence-electron chi connectivity index (χ1n) is 6.17. The molecule has 0 aliphatic carbocycles. The number of aromatic nitrogens is 1. The molecule has 2 rings (SSSR count). The first kappa shape index (κ1) is 14.7. The SMILES string of the molecule is COC(=O)c1ccc(CNCc2cccnc2)c(Br)c1. The zero-order valence-corrected chi connectivity index (χ0v) is 12.7. The summed E-state index contributed by atoms with van der Waals surface area (Å²) in [5.74, 6) is -0.333. The van der Waals surface area contributed by atoms with Crippen LogP contribution in [0.2, 0.25) is 0 Å². The van der Waals surface area contributed by atoms with E-state index in [0.29, 0.717) is 12.1 Å². The lowest BCUT2D eigenvalue weighted by Gasteiger charge is -2.08. The Morgan fingerprint density at radius 1 is 1.35 bits per heavy atom. The van der Waals surface area contributed by atoms with Crippen LogP contribution in [0.1, 0.15) is 21.5 Å². The maximum atomic E-state index is 11.4. The van der Waals surface area contributed by atoms with Crippen molar-refractivity contribution in [2.75, 3.05) is 7.11 Å². The zero-order valence-electron chi connectivity index (χ0n) is 11.1. The lowest BCUT2D eigenvalue weighted by atomic mass is 10.1. The van der Waals surface area contributed by atoms with Crippen LogP contribution < -0.4 is 5.32 Å². The Morgan fingerprint density at radius 3 is 2.85 bits per heavy atom. The summed E-state index contributed by atoms with van der Waals surface area (Å²) in [7, 11) is 1.37. The number of benzene rings is 1. The Bertz CT molecular complexity index is 588. The van der Waals surface area contributed by atoms with Crippen LogP contribution in [0.5, 0.6) is 0 Å². The number of halogens is 1. The van der Waals surface area contributed by atoms with Crippen LogP contribution in [-0.2, 0) is 17.8 Å². The molecule has 2 aromatic rings. The number of pyridine rings is 1. The smallest absolute Gasteiger partial charge is 0.337 e. The van der Waals surface area contributed by atoms with Gasteiger partial charge in [0.05, 0.1) is 12.7 Å². The summed E-state index contributed by atoms with van der Waals surface area (Å²) in [6.07, 6.45) is 3.59. The van der Waals surface area contributed by atoms with Gasteiger partial charge in [-0.1, -0.05) is 28.1 Å². The summed E-state index contributed by atoms with van der Waals surface area (Å²) < 4.78 is 5.58. The van der Waals surface area contributed by atoms with Crippen molar-refractivity contribution in [1.82, 2.24) is 10.3 Å². The van der Waals surface area contributed by atoms with Gasteiger partial charge in [0.1, 0.15) is 0 Å². The Balaban J connectivity index is 1.95. The van der Waals surface area contributed by atoms with Gasteiger partial charge in [0.2, 0.25) is 0 Å². The van der Waals surface area contributed by atoms with E-state index < -0.39 is 0 Å². The van der Waals surface area contributed by atoms with Gasteiger partial charge < -0.3 is 10.1 Å². The van der Waals surface area contributed by atoms with E-state index in [2.05, 4.69) is 31.0 Å². The summed E-state index contributed by atoms with van der Waals surface area (Å²) in [5.41, 5.74) is 2.76. The van der Waals surface area contributed by atoms with E-state index in [1.54, 1.807) is 18.3 Å². The number of nitrogens with one attached hydrogen (secondary N) is 1. The molecule has 20 heavy (non-hydrogen) atoms. The third-order valence-corrected chi connectivity index (χ3v) is 3.58. The van der Waals surface area contributed by atoms with E-state index >= 15 is 0 Å². The van der Waals surface area contributed by atoms with Gasteiger partial charge in [0.25, 0.3) is 0 Å². The first-order chi connectivity index (χ1) is 9.70. The molecule has 0 atom stereocenters. The van der Waals surface area contributed by atoms with Crippen LogP contribution >= 0.6 is 15.9 Å². The van der Waals surface area contributed by atoms with Gasteiger partial charge in [-0.3, -0.25) is 4.98 Å². The molecule has 0 unspecified atom stereocenters. The molecule has 0 aliphatic heterocycles. The van der Waals surface area contributed by atoms with E-state index in [1.807, 2.05) is 24.4 Å². The van der Waals surface area contributed by atoms with Crippen molar-refractivity contribution >= 4 is 21.9 Å². The van der Waals surface area contributed by atoms with Crippen LogP contribution in [0, 0.1) is 0 Å². The summed E-state index contributed by atoms with van der Waals surface area (Å²) in [5, 5.41) is 3.34. The number of methoxy groups -OCH3 is 1. The topological polar surface area (TPSA) is 51.2 Å². The Morgan fingerprint density at radius 2 is 2.20 bits per heavy atom. The molecule has 0 fully saturated rings.